The van der Waals surface area contributed by atoms with E-state index >= 15 is 0 Å². The Morgan fingerprint density at radius 3 is 2.68 bits per heavy atom. The first kappa shape index (κ1) is 20.8. The zero-order valence-corrected chi connectivity index (χ0v) is 17.7. The summed E-state index contributed by atoms with van der Waals surface area (Å²) in [6.07, 6.45) is 2.74. The molecule has 3 aromatic rings. The maximum Gasteiger partial charge on any atom is 0.303 e. The van der Waals surface area contributed by atoms with Crippen LogP contribution in [0.2, 0.25) is 0 Å². The molecule has 0 saturated heterocycles. The van der Waals surface area contributed by atoms with Gasteiger partial charge in [0, 0.05) is 30.4 Å². The first-order valence-electron chi connectivity index (χ1n) is 10.6. The predicted molar refractivity (Wildman–Crippen MR) is 121 cm³/mol. The topological polar surface area (TPSA) is 59.0 Å². The van der Waals surface area contributed by atoms with E-state index in [-0.39, 0.29) is 6.42 Å². The van der Waals surface area contributed by atoms with Crippen molar-refractivity contribution in [3.05, 3.63) is 83.4 Å². The third-order valence-electron chi connectivity index (χ3n) is 5.61. The average molecular weight is 418 g/mol. The number of methoxy groups -OCH3 is 1. The number of carbonyl (C=O) groups is 1. The molecule has 0 fully saturated rings. The number of benzene rings is 3. The Kier molecular flexibility index (Phi) is 6.41. The molecule has 0 unspecified atom stereocenters. The van der Waals surface area contributed by atoms with Crippen LogP contribution < -0.4 is 14.4 Å². The highest BCUT2D eigenvalue weighted by Crippen LogP contribution is 2.34. The summed E-state index contributed by atoms with van der Waals surface area (Å²) >= 11 is 0. The maximum absolute atomic E-state index is 10.8. The van der Waals surface area contributed by atoms with E-state index in [1.54, 1.807) is 7.11 Å². The molecule has 0 bridgehead atoms. The van der Waals surface area contributed by atoms with Crippen LogP contribution in [-0.4, -0.2) is 24.7 Å². The summed E-state index contributed by atoms with van der Waals surface area (Å²) in [5.41, 5.74) is 5.80. The van der Waals surface area contributed by atoms with Gasteiger partial charge in [0.25, 0.3) is 0 Å². The van der Waals surface area contributed by atoms with E-state index in [9.17, 15) is 4.79 Å². The van der Waals surface area contributed by atoms with Crippen LogP contribution >= 0.6 is 0 Å². The highest BCUT2D eigenvalue weighted by molar-refractivity contribution is 5.68. The summed E-state index contributed by atoms with van der Waals surface area (Å²) in [4.78, 5) is 13.2. The Labute approximate surface area is 182 Å². The molecular formula is C26H27NO4. The second-order valence-corrected chi connectivity index (χ2v) is 7.71. The van der Waals surface area contributed by atoms with Gasteiger partial charge in [0.05, 0.1) is 7.11 Å². The minimum Gasteiger partial charge on any atom is -0.496 e. The molecule has 31 heavy (non-hydrogen) atoms. The fourth-order valence-electron chi connectivity index (χ4n) is 4.02. The number of hydrogen-bond acceptors (Lipinski definition) is 4. The second-order valence-electron chi connectivity index (χ2n) is 7.71. The highest BCUT2D eigenvalue weighted by Gasteiger charge is 2.18. The Morgan fingerprint density at radius 2 is 1.90 bits per heavy atom. The number of para-hydroxylation sites is 1. The molecule has 1 N–H and O–H groups in total. The standard InChI is InChI=1S/C26H27NO4/c1-30-25-17-23(13-11-21(25)12-14-26(28)29)31-18-19-9-10-20-6-5-15-27(24(20)16-19)22-7-3-2-4-8-22/h2-4,7-11,13,16-17H,5-6,12,14-15,18H2,1H3,(H,28,29). The molecule has 5 heteroatoms. The van der Waals surface area contributed by atoms with Gasteiger partial charge in [-0.1, -0.05) is 36.4 Å². The zero-order valence-electron chi connectivity index (χ0n) is 17.7. The van der Waals surface area contributed by atoms with Crippen LogP contribution in [0.4, 0.5) is 11.4 Å². The number of rotatable bonds is 8. The van der Waals surface area contributed by atoms with Crippen molar-refractivity contribution in [1.29, 1.82) is 0 Å². The van der Waals surface area contributed by atoms with Crippen LogP contribution in [0.3, 0.4) is 0 Å². The quantitative estimate of drug-likeness (QED) is 0.534. The number of carboxylic acids is 1. The number of nitrogens with zero attached hydrogens (tertiary/aromatic N) is 1. The van der Waals surface area contributed by atoms with Gasteiger partial charge < -0.3 is 19.5 Å². The number of aryl methyl sites for hydroxylation is 2. The van der Waals surface area contributed by atoms with Gasteiger partial charge in [0.1, 0.15) is 18.1 Å². The van der Waals surface area contributed by atoms with Crippen molar-refractivity contribution in [2.24, 2.45) is 0 Å². The van der Waals surface area contributed by atoms with E-state index in [0.717, 1.165) is 30.5 Å². The Morgan fingerprint density at radius 1 is 1.06 bits per heavy atom. The molecule has 1 aliphatic rings. The van der Waals surface area contributed by atoms with Crippen molar-refractivity contribution in [2.45, 2.75) is 32.3 Å². The molecule has 0 aromatic heterocycles. The Hall–Kier alpha value is -3.47. The lowest BCUT2D eigenvalue weighted by atomic mass is 9.99. The maximum atomic E-state index is 10.8. The summed E-state index contributed by atoms with van der Waals surface area (Å²) in [5.74, 6) is 0.535. The fourth-order valence-corrected chi connectivity index (χ4v) is 4.02. The number of aliphatic carboxylic acids is 1. The van der Waals surface area contributed by atoms with Crippen molar-refractivity contribution < 1.29 is 19.4 Å². The largest absolute Gasteiger partial charge is 0.496 e. The van der Waals surface area contributed by atoms with Gasteiger partial charge in [-0.15, -0.1) is 0 Å². The monoisotopic (exact) mass is 417 g/mol. The van der Waals surface area contributed by atoms with Gasteiger partial charge in [0.15, 0.2) is 0 Å². The summed E-state index contributed by atoms with van der Waals surface area (Å²) < 4.78 is 11.5. The average Bonchev–Trinajstić information content (AvgIpc) is 2.81. The molecule has 0 saturated carbocycles. The lowest BCUT2D eigenvalue weighted by Crippen LogP contribution is -2.24. The number of carboxylic acid groups (broad SMARTS) is 1. The number of ether oxygens (including phenoxy) is 2. The van der Waals surface area contributed by atoms with Gasteiger partial charge in [0.2, 0.25) is 0 Å². The summed E-state index contributed by atoms with van der Waals surface area (Å²) in [7, 11) is 1.59. The first-order valence-corrected chi connectivity index (χ1v) is 10.6. The summed E-state index contributed by atoms with van der Waals surface area (Å²) in [5, 5.41) is 8.91. The fraction of sp³-hybridized carbons (Fsp3) is 0.269. The second kappa shape index (κ2) is 9.56. The van der Waals surface area contributed by atoms with Crippen molar-refractivity contribution in [2.75, 3.05) is 18.6 Å². The SMILES string of the molecule is COc1cc(OCc2ccc3c(c2)N(c2ccccc2)CCC3)ccc1CCC(=O)O. The molecule has 5 nitrogen and oxygen atoms in total. The van der Waals surface area contributed by atoms with Gasteiger partial charge in [-0.3, -0.25) is 4.79 Å². The molecule has 0 aliphatic carbocycles. The molecular weight excluding hydrogens is 390 g/mol. The summed E-state index contributed by atoms with van der Waals surface area (Å²) in [6, 6.07) is 22.6. The van der Waals surface area contributed by atoms with Crippen LogP contribution in [-0.2, 0) is 24.2 Å². The van der Waals surface area contributed by atoms with E-state index in [1.807, 2.05) is 24.3 Å². The van der Waals surface area contributed by atoms with Crippen LogP contribution in [0.15, 0.2) is 66.7 Å². The molecule has 0 amide bonds. The van der Waals surface area contributed by atoms with Crippen LogP contribution in [0.1, 0.15) is 29.5 Å². The molecule has 1 aliphatic heterocycles. The van der Waals surface area contributed by atoms with E-state index in [2.05, 4.69) is 47.4 Å². The third-order valence-corrected chi connectivity index (χ3v) is 5.61. The normalized spacial score (nSPS) is 12.9. The van der Waals surface area contributed by atoms with E-state index < -0.39 is 5.97 Å². The lowest BCUT2D eigenvalue weighted by molar-refractivity contribution is -0.136. The smallest absolute Gasteiger partial charge is 0.303 e. The number of hydrogen-bond donors (Lipinski definition) is 1. The van der Waals surface area contributed by atoms with E-state index in [1.165, 1.54) is 16.9 Å². The molecule has 0 radical (unpaired) electrons. The number of fused-ring (bicyclic) bond motifs is 1. The third kappa shape index (κ3) is 5.00. The van der Waals surface area contributed by atoms with Crippen LogP contribution in [0, 0.1) is 0 Å². The molecule has 3 aromatic carbocycles. The molecule has 4 rings (SSSR count). The zero-order chi connectivity index (χ0) is 21.6. The van der Waals surface area contributed by atoms with Crippen molar-refractivity contribution in [3.63, 3.8) is 0 Å². The van der Waals surface area contributed by atoms with Crippen molar-refractivity contribution in [1.82, 2.24) is 0 Å². The van der Waals surface area contributed by atoms with Gasteiger partial charge in [-0.2, -0.15) is 0 Å². The van der Waals surface area contributed by atoms with E-state index in [0.29, 0.717) is 24.5 Å². The van der Waals surface area contributed by atoms with Gasteiger partial charge in [-0.05, 0) is 60.2 Å². The van der Waals surface area contributed by atoms with E-state index in [4.69, 9.17) is 14.6 Å². The Bertz CT molecular complexity index is 1050. The molecule has 0 atom stereocenters. The van der Waals surface area contributed by atoms with Crippen molar-refractivity contribution >= 4 is 17.3 Å². The molecule has 160 valence electrons. The lowest BCUT2D eigenvalue weighted by Gasteiger charge is -2.32. The van der Waals surface area contributed by atoms with Crippen LogP contribution in [0.25, 0.3) is 0 Å². The van der Waals surface area contributed by atoms with Gasteiger partial charge in [-0.25, -0.2) is 0 Å². The van der Waals surface area contributed by atoms with Crippen LogP contribution in [0.5, 0.6) is 11.5 Å². The summed E-state index contributed by atoms with van der Waals surface area (Å²) in [6.45, 7) is 1.46. The molecule has 0 spiro atoms. The highest BCUT2D eigenvalue weighted by atomic mass is 16.5. The minimum absolute atomic E-state index is 0.0730. The minimum atomic E-state index is -0.820. The number of anilines is 2. The van der Waals surface area contributed by atoms with Gasteiger partial charge >= 0.3 is 5.97 Å². The molecule has 1 heterocycles. The Balaban J connectivity index is 1.49. The first-order chi connectivity index (χ1) is 15.1. The predicted octanol–water partition coefficient (Wildman–Crippen LogP) is 5.38. The van der Waals surface area contributed by atoms with Crippen molar-refractivity contribution in [3.8, 4) is 11.5 Å².